The largest absolute Gasteiger partial charge is 0.351 e. The smallest absolute Gasteiger partial charge is 0.306 e. The van der Waals surface area contributed by atoms with Gasteiger partial charge in [0.25, 0.3) is 0 Å². The van der Waals surface area contributed by atoms with Crippen molar-refractivity contribution in [2.24, 2.45) is 0 Å². The minimum Gasteiger partial charge on any atom is -0.306 e. The average Bonchev–Trinajstić information content (AvgIpc) is 2.61. The Labute approximate surface area is 101 Å². The maximum atomic E-state index is 11.6. The molecule has 0 aliphatic heterocycles. The molecular weight excluding hydrogens is 323 g/mol. The molecule has 0 fully saturated rings. The lowest BCUT2D eigenvalue weighted by molar-refractivity contribution is 0.958. The standard InChI is InChI=1S/C9H5IN4O2/c10-4-1-2-5-6(3-4)11-8(15)14-7(5)12-13-9(14)16/h1-3H,(H,11,15)(H,13,16). The first-order valence-corrected chi connectivity index (χ1v) is 5.53. The molecule has 1 aromatic carbocycles. The Balaban J connectivity index is 2.70. The van der Waals surface area contributed by atoms with Crippen LogP contribution in [0.4, 0.5) is 0 Å². The monoisotopic (exact) mass is 328 g/mol. The third kappa shape index (κ3) is 1.21. The lowest BCUT2D eigenvalue weighted by Gasteiger charge is -1.99. The number of benzene rings is 1. The number of nitrogens with one attached hydrogen (secondary N) is 2. The van der Waals surface area contributed by atoms with Gasteiger partial charge in [0.15, 0.2) is 5.65 Å². The lowest BCUT2D eigenvalue weighted by Crippen LogP contribution is -2.25. The summed E-state index contributed by atoms with van der Waals surface area (Å²) in [5, 5.41) is 6.83. The molecule has 0 atom stereocenters. The topological polar surface area (TPSA) is 83.0 Å². The van der Waals surface area contributed by atoms with Crippen LogP contribution in [0.2, 0.25) is 0 Å². The zero-order valence-corrected chi connectivity index (χ0v) is 9.98. The number of halogens is 1. The van der Waals surface area contributed by atoms with E-state index < -0.39 is 11.4 Å². The molecular formula is C9H5IN4O2. The van der Waals surface area contributed by atoms with E-state index in [1.165, 1.54) is 0 Å². The predicted molar refractivity (Wildman–Crippen MR) is 66.7 cm³/mol. The van der Waals surface area contributed by atoms with Crippen molar-refractivity contribution in [2.45, 2.75) is 0 Å². The maximum absolute atomic E-state index is 11.6. The van der Waals surface area contributed by atoms with E-state index in [-0.39, 0.29) is 0 Å². The van der Waals surface area contributed by atoms with Gasteiger partial charge in [-0.15, -0.1) is 0 Å². The Bertz CT molecular complexity index is 814. The molecule has 2 N–H and O–H groups in total. The summed E-state index contributed by atoms with van der Waals surface area (Å²) >= 11 is 2.15. The molecule has 0 amide bonds. The normalized spacial score (nSPS) is 11.3. The average molecular weight is 328 g/mol. The van der Waals surface area contributed by atoms with E-state index >= 15 is 0 Å². The van der Waals surface area contributed by atoms with E-state index in [0.717, 1.165) is 13.4 Å². The fourth-order valence-electron chi connectivity index (χ4n) is 1.65. The van der Waals surface area contributed by atoms with Crippen LogP contribution in [0, 0.1) is 3.57 Å². The third-order valence-electron chi connectivity index (χ3n) is 2.34. The number of rotatable bonds is 0. The van der Waals surface area contributed by atoms with Gasteiger partial charge in [-0.05, 0) is 40.8 Å². The maximum Gasteiger partial charge on any atom is 0.351 e. The molecule has 0 unspecified atom stereocenters. The lowest BCUT2D eigenvalue weighted by atomic mass is 10.2. The molecule has 3 rings (SSSR count). The zero-order chi connectivity index (χ0) is 11.3. The Hall–Kier alpha value is -1.64. The van der Waals surface area contributed by atoms with Crippen molar-refractivity contribution in [3.05, 3.63) is 42.7 Å². The van der Waals surface area contributed by atoms with Crippen molar-refractivity contribution in [3.63, 3.8) is 0 Å². The Morgan fingerprint density at radius 1 is 1.25 bits per heavy atom. The highest BCUT2D eigenvalue weighted by Crippen LogP contribution is 2.16. The van der Waals surface area contributed by atoms with Gasteiger partial charge in [-0.1, -0.05) is 0 Å². The van der Waals surface area contributed by atoms with Gasteiger partial charge in [0.1, 0.15) is 0 Å². The predicted octanol–water partition coefficient (Wildman–Crippen LogP) is 0.469. The fraction of sp³-hybridized carbons (Fsp3) is 0. The van der Waals surface area contributed by atoms with Crippen LogP contribution in [-0.4, -0.2) is 19.6 Å². The fourth-order valence-corrected chi connectivity index (χ4v) is 2.14. The van der Waals surface area contributed by atoms with Crippen LogP contribution < -0.4 is 11.4 Å². The molecule has 0 saturated carbocycles. The summed E-state index contributed by atoms with van der Waals surface area (Å²) in [7, 11) is 0. The van der Waals surface area contributed by atoms with Gasteiger partial charge < -0.3 is 4.98 Å². The minimum atomic E-state index is -0.531. The SMILES string of the molecule is O=c1[nH]nc2c3ccc(I)cc3[nH]c(=O)n12. The molecule has 3 aromatic rings. The van der Waals surface area contributed by atoms with E-state index in [9.17, 15) is 9.59 Å². The molecule has 7 heteroatoms. The van der Waals surface area contributed by atoms with Crippen LogP contribution in [0.15, 0.2) is 27.8 Å². The number of fused-ring (bicyclic) bond motifs is 3. The molecule has 0 radical (unpaired) electrons. The highest BCUT2D eigenvalue weighted by atomic mass is 127. The minimum absolute atomic E-state index is 0.347. The summed E-state index contributed by atoms with van der Waals surface area (Å²) in [5.41, 5.74) is 0.00324. The molecule has 0 aliphatic carbocycles. The second-order valence-electron chi connectivity index (χ2n) is 3.31. The first-order chi connectivity index (χ1) is 7.66. The number of aromatic amines is 2. The Morgan fingerprint density at radius 3 is 2.88 bits per heavy atom. The van der Waals surface area contributed by atoms with E-state index in [1.807, 2.05) is 18.2 Å². The van der Waals surface area contributed by atoms with Gasteiger partial charge in [-0.3, -0.25) is 0 Å². The summed E-state index contributed by atoms with van der Waals surface area (Å²) in [5.74, 6) is 0. The molecule has 0 aliphatic rings. The summed E-state index contributed by atoms with van der Waals surface area (Å²) in [6.45, 7) is 0. The highest BCUT2D eigenvalue weighted by Gasteiger charge is 2.08. The number of hydrogen-bond donors (Lipinski definition) is 2. The van der Waals surface area contributed by atoms with E-state index in [0.29, 0.717) is 11.2 Å². The van der Waals surface area contributed by atoms with Crippen LogP contribution in [-0.2, 0) is 0 Å². The third-order valence-corrected chi connectivity index (χ3v) is 3.01. The molecule has 16 heavy (non-hydrogen) atoms. The first kappa shape index (κ1) is 9.58. The summed E-state index contributed by atoms with van der Waals surface area (Å²) in [4.78, 5) is 25.6. The molecule has 80 valence electrons. The van der Waals surface area contributed by atoms with Gasteiger partial charge in [-0.25, -0.2) is 14.7 Å². The Morgan fingerprint density at radius 2 is 2.06 bits per heavy atom. The van der Waals surface area contributed by atoms with Crippen molar-refractivity contribution in [3.8, 4) is 0 Å². The van der Waals surface area contributed by atoms with E-state index in [1.54, 1.807) is 0 Å². The molecule has 2 aromatic heterocycles. The first-order valence-electron chi connectivity index (χ1n) is 4.45. The van der Waals surface area contributed by atoms with Gasteiger partial charge in [-0.2, -0.15) is 9.50 Å². The van der Waals surface area contributed by atoms with E-state index in [2.05, 4.69) is 37.8 Å². The van der Waals surface area contributed by atoms with Gasteiger partial charge in [0.05, 0.1) is 5.52 Å². The van der Waals surface area contributed by atoms with Gasteiger partial charge >= 0.3 is 11.4 Å². The number of aromatic nitrogens is 4. The highest BCUT2D eigenvalue weighted by molar-refractivity contribution is 14.1. The molecule has 0 saturated heterocycles. The number of hydrogen-bond acceptors (Lipinski definition) is 3. The summed E-state index contributed by atoms with van der Waals surface area (Å²) < 4.78 is 1.98. The van der Waals surface area contributed by atoms with Crippen molar-refractivity contribution < 1.29 is 0 Å². The van der Waals surface area contributed by atoms with Crippen LogP contribution >= 0.6 is 22.6 Å². The second-order valence-corrected chi connectivity index (χ2v) is 4.55. The molecule has 0 bridgehead atoms. The van der Waals surface area contributed by atoms with Crippen LogP contribution in [0.5, 0.6) is 0 Å². The van der Waals surface area contributed by atoms with Crippen molar-refractivity contribution in [2.75, 3.05) is 0 Å². The molecule has 6 nitrogen and oxygen atoms in total. The molecule has 0 spiro atoms. The van der Waals surface area contributed by atoms with E-state index in [4.69, 9.17) is 0 Å². The van der Waals surface area contributed by atoms with Crippen LogP contribution in [0.25, 0.3) is 16.6 Å². The van der Waals surface area contributed by atoms with Crippen LogP contribution in [0.3, 0.4) is 0 Å². The number of H-pyrrole nitrogens is 2. The van der Waals surface area contributed by atoms with Crippen molar-refractivity contribution in [1.82, 2.24) is 19.6 Å². The van der Waals surface area contributed by atoms with Gasteiger partial charge in [0.2, 0.25) is 0 Å². The number of nitrogens with zero attached hydrogens (tertiary/aromatic N) is 2. The quantitative estimate of drug-likeness (QED) is 0.589. The molecule has 2 heterocycles. The summed E-state index contributed by atoms with van der Waals surface area (Å²) in [6.07, 6.45) is 0. The zero-order valence-electron chi connectivity index (χ0n) is 7.82. The van der Waals surface area contributed by atoms with Crippen molar-refractivity contribution in [1.29, 1.82) is 0 Å². The Kier molecular flexibility index (Phi) is 1.90. The summed E-state index contributed by atoms with van der Waals surface area (Å²) in [6, 6.07) is 5.54. The van der Waals surface area contributed by atoms with Gasteiger partial charge in [0, 0.05) is 8.96 Å². The van der Waals surface area contributed by atoms with Crippen LogP contribution in [0.1, 0.15) is 0 Å². The van der Waals surface area contributed by atoms with Crippen molar-refractivity contribution >= 4 is 39.1 Å². The second kappa shape index (κ2) is 3.17.